The molecule has 2 aliphatic rings. The maximum absolute atomic E-state index is 12.4. The van der Waals surface area contributed by atoms with Crippen LogP contribution in [0, 0.1) is 5.92 Å². The third-order valence-corrected chi connectivity index (χ3v) is 6.93. The zero-order valence-electron chi connectivity index (χ0n) is 13.5. The Bertz CT molecular complexity index is 579. The van der Waals surface area contributed by atoms with E-state index in [1.165, 1.54) is 6.42 Å². The Morgan fingerprint density at radius 1 is 1.04 bits per heavy atom. The van der Waals surface area contributed by atoms with Gasteiger partial charge in [-0.2, -0.15) is 0 Å². The van der Waals surface area contributed by atoms with Crippen LogP contribution in [0.5, 0.6) is 0 Å². The molecule has 3 rings (SSSR count). The molecule has 128 valence electrons. The van der Waals surface area contributed by atoms with Gasteiger partial charge in [0.2, 0.25) is 16.0 Å². The predicted octanol–water partition coefficient (Wildman–Crippen LogP) is 1.95. The van der Waals surface area contributed by atoms with Crippen molar-refractivity contribution >= 4 is 16.0 Å². The molecule has 0 spiro atoms. The van der Waals surface area contributed by atoms with Gasteiger partial charge in [-0.25, -0.2) is 23.1 Å². The molecule has 0 bridgehead atoms. The smallest absolute Gasteiger partial charge is 0.225 e. The standard InChI is InChI=1S/C16H26N4O2S/c21-23(22,15-5-2-1-3-6-15)19-13-14-7-11-20(12-8-14)16-17-9-4-10-18-16/h4,9-10,14-15,19H,1-3,5-8,11-13H2. The topological polar surface area (TPSA) is 75.2 Å². The van der Waals surface area contributed by atoms with Crippen molar-refractivity contribution in [2.24, 2.45) is 5.92 Å². The van der Waals surface area contributed by atoms with Crippen LogP contribution in [-0.4, -0.2) is 43.3 Å². The molecule has 1 aliphatic heterocycles. The van der Waals surface area contributed by atoms with Crippen LogP contribution in [0.3, 0.4) is 0 Å². The summed E-state index contributed by atoms with van der Waals surface area (Å²) in [5, 5.41) is -0.172. The van der Waals surface area contributed by atoms with Crippen LogP contribution < -0.4 is 9.62 Å². The predicted molar refractivity (Wildman–Crippen MR) is 90.8 cm³/mol. The van der Waals surface area contributed by atoms with E-state index in [1.54, 1.807) is 12.4 Å². The van der Waals surface area contributed by atoms with Crippen molar-refractivity contribution in [3.05, 3.63) is 18.5 Å². The molecule has 6 nitrogen and oxygen atoms in total. The Kier molecular flexibility index (Phi) is 5.48. The molecule has 0 unspecified atom stereocenters. The highest BCUT2D eigenvalue weighted by atomic mass is 32.2. The third-order valence-electron chi connectivity index (χ3n) is 5.01. The number of hydrogen-bond donors (Lipinski definition) is 1. The van der Waals surface area contributed by atoms with E-state index in [-0.39, 0.29) is 5.25 Å². The summed E-state index contributed by atoms with van der Waals surface area (Å²) in [4.78, 5) is 10.7. The molecule has 1 N–H and O–H groups in total. The third kappa shape index (κ3) is 4.41. The monoisotopic (exact) mass is 338 g/mol. The summed E-state index contributed by atoms with van der Waals surface area (Å²) in [5.41, 5.74) is 0. The van der Waals surface area contributed by atoms with Crippen LogP contribution in [0.1, 0.15) is 44.9 Å². The van der Waals surface area contributed by atoms with Gasteiger partial charge in [-0.1, -0.05) is 19.3 Å². The highest BCUT2D eigenvalue weighted by molar-refractivity contribution is 7.90. The number of nitrogens with zero attached hydrogens (tertiary/aromatic N) is 3. The first-order valence-electron chi connectivity index (χ1n) is 8.65. The second kappa shape index (κ2) is 7.57. The average Bonchev–Trinajstić information content (AvgIpc) is 2.62. The lowest BCUT2D eigenvalue weighted by Gasteiger charge is -2.32. The first-order chi connectivity index (χ1) is 11.1. The molecule has 1 saturated carbocycles. The van der Waals surface area contributed by atoms with Gasteiger partial charge in [0.05, 0.1) is 5.25 Å². The van der Waals surface area contributed by atoms with Gasteiger partial charge in [0.15, 0.2) is 0 Å². The van der Waals surface area contributed by atoms with Crippen molar-refractivity contribution in [1.82, 2.24) is 14.7 Å². The molecule has 1 aromatic heterocycles. The van der Waals surface area contributed by atoms with E-state index in [0.717, 1.165) is 57.6 Å². The Hall–Kier alpha value is -1.21. The minimum Gasteiger partial charge on any atom is -0.341 e. The first kappa shape index (κ1) is 16.6. The molecule has 1 aromatic rings. The quantitative estimate of drug-likeness (QED) is 0.888. The molecule has 1 saturated heterocycles. The van der Waals surface area contributed by atoms with Crippen LogP contribution in [0.2, 0.25) is 0 Å². The molecule has 23 heavy (non-hydrogen) atoms. The lowest BCUT2D eigenvalue weighted by molar-refractivity contribution is 0.395. The molecule has 2 heterocycles. The molecule has 0 atom stereocenters. The van der Waals surface area contributed by atoms with Gasteiger partial charge < -0.3 is 4.90 Å². The van der Waals surface area contributed by atoms with Crippen molar-refractivity contribution in [3.63, 3.8) is 0 Å². The van der Waals surface area contributed by atoms with Crippen molar-refractivity contribution in [2.75, 3.05) is 24.5 Å². The molecule has 2 fully saturated rings. The van der Waals surface area contributed by atoms with E-state index in [4.69, 9.17) is 0 Å². The van der Waals surface area contributed by atoms with Gasteiger partial charge in [0, 0.05) is 32.0 Å². The van der Waals surface area contributed by atoms with Crippen molar-refractivity contribution < 1.29 is 8.42 Å². The van der Waals surface area contributed by atoms with E-state index in [9.17, 15) is 8.42 Å². The summed E-state index contributed by atoms with van der Waals surface area (Å²) >= 11 is 0. The van der Waals surface area contributed by atoms with E-state index in [2.05, 4.69) is 19.6 Å². The maximum Gasteiger partial charge on any atom is 0.225 e. The summed E-state index contributed by atoms with van der Waals surface area (Å²) in [5.74, 6) is 1.18. The minimum atomic E-state index is -3.14. The molecular formula is C16H26N4O2S. The zero-order valence-corrected chi connectivity index (χ0v) is 14.3. The fourth-order valence-electron chi connectivity index (χ4n) is 3.52. The number of sulfonamides is 1. The molecular weight excluding hydrogens is 312 g/mol. The highest BCUT2D eigenvalue weighted by Crippen LogP contribution is 2.24. The van der Waals surface area contributed by atoms with E-state index in [1.807, 2.05) is 6.07 Å². The number of aromatic nitrogens is 2. The van der Waals surface area contributed by atoms with Gasteiger partial charge in [0.1, 0.15) is 0 Å². The summed E-state index contributed by atoms with van der Waals surface area (Å²) in [7, 11) is -3.14. The molecule has 0 aromatic carbocycles. The lowest BCUT2D eigenvalue weighted by atomic mass is 9.97. The Morgan fingerprint density at radius 2 is 1.70 bits per heavy atom. The Balaban J connectivity index is 1.45. The normalized spacial score (nSPS) is 21.5. The second-order valence-corrected chi connectivity index (χ2v) is 8.68. The fraction of sp³-hybridized carbons (Fsp3) is 0.750. The largest absolute Gasteiger partial charge is 0.341 e. The van der Waals surface area contributed by atoms with Crippen LogP contribution in [0.25, 0.3) is 0 Å². The van der Waals surface area contributed by atoms with Crippen LogP contribution in [0.15, 0.2) is 18.5 Å². The van der Waals surface area contributed by atoms with Crippen LogP contribution in [-0.2, 0) is 10.0 Å². The van der Waals surface area contributed by atoms with Crippen LogP contribution >= 0.6 is 0 Å². The number of piperidine rings is 1. The molecule has 0 radical (unpaired) electrons. The number of rotatable bonds is 5. The zero-order chi connectivity index (χ0) is 16.1. The number of nitrogens with one attached hydrogen (secondary N) is 1. The maximum atomic E-state index is 12.4. The van der Waals surface area contributed by atoms with Crippen LogP contribution in [0.4, 0.5) is 5.95 Å². The van der Waals surface area contributed by atoms with Crippen molar-refractivity contribution in [1.29, 1.82) is 0 Å². The molecule has 1 aliphatic carbocycles. The summed E-state index contributed by atoms with van der Waals surface area (Å²) in [6.07, 6.45) is 10.4. The average molecular weight is 338 g/mol. The minimum absolute atomic E-state index is 0.172. The van der Waals surface area contributed by atoms with Gasteiger partial charge in [-0.3, -0.25) is 0 Å². The summed E-state index contributed by atoms with van der Waals surface area (Å²) in [6, 6.07) is 1.82. The lowest BCUT2D eigenvalue weighted by Crippen LogP contribution is -2.42. The Labute approximate surface area is 138 Å². The summed E-state index contributed by atoms with van der Waals surface area (Å²) < 4.78 is 27.6. The van der Waals surface area contributed by atoms with Gasteiger partial charge in [-0.05, 0) is 37.7 Å². The number of hydrogen-bond acceptors (Lipinski definition) is 5. The van der Waals surface area contributed by atoms with E-state index in [0.29, 0.717) is 12.5 Å². The van der Waals surface area contributed by atoms with Gasteiger partial charge >= 0.3 is 0 Å². The second-order valence-electron chi connectivity index (χ2n) is 6.63. The fourth-order valence-corrected chi connectivity index (χ4v) is 5.18. The van der Waals surface area contributed by atoms with Gasteiger partial charge in [-0.15, -0.1) is 0 Å². The highest BCUT2D eigenvalue weighted by Gasteiger charge is 2.28. The van der Waals surface area contributed by atoms with Crippen molar-refractivity contribution in [2.45, 2.75) is 50.2 Å². The summed E-state index contributed by atoms with van der Waals surface area (Å²) in [6.45, 7) is 2.35. The Morgan fingerprint density at radius 3 is 2.35 bits per heavy atom. The SMILES string of the molecule is O=S(=O)(NCC1CCN(c2ncccn2)CC1)C1CCCCC1. The number of anilines is 1. The van der Waals surface area contributed by atoms with E-state index >= 15 is 0 Å². The molecule has 0 amide bonds. The van der Waals surface area contributed by atoms with E-state index < -0.39 is 10.0 Å². The van der Waals surface area contributed by atoms with Crippen molar-refractivity contribution in [3.8, 4) is 0 Å². The molecule has 7 heteroatoms. The van der Waals surface area contributed by atoms with Gasteiger partial charge in [0.25, 0.3) is 0 Å². The first-order valence-corrected chi connectivity index (χ1v) is 10.2.